The van der Waals surface area contributed by atoms with Crippen LogP contribution in [0.4, 0.5) is 5.69 Å². The van der Waals surface area contributed by atoms with E-state index in [4.69, 9.17) is 4.74 Å². The van der Waals surface area contributed by atoms with Crippen LogP contribution >= 0.6 is 0 Å². The molecule has 0 aromatic heterocycles. The predicted molar refractivity (Wildman–Crippen MR) is 134 cm³/mol. The Morgan fingerprint density at radius 2 is 1.61 bits per heavy atom. The molecule has 1 heterocycles. The Kier molecular flexibility index (Phi) is 5.55. The average Bonchev–Trinajstić information content (AvgIpc) is 2.85. The van der Waals surface area contributed by atoms with E-state index >= 15 is 0 Å². The van der Waals surface area contributed by atoms with Crippen LogP contribution in [-0.4, -0.2) is 11.7 Å². The molecular formula is C30H29NO2. The molecule has 0 bridgehead atoms. The summed E-state index contributed by atoms with van der Waals surface area (Å²) in [4.78, 5) is 2.48. The number of phenols is 1. The third-order valence-electron chi connectivity index (χ3n) is 6.77. The molecule has 0 radical (unpaired) electrons. The molecule has 4 aromatic carbocycles. The van der Waals surface area contributed by atoms with Crippen LogP contribution in [0.3, 0.4) is 0 Å². The molecule has 5 rings (SSSR count). The first-order valence-electron chi connectivity index (χ1n) is 11.5. The maximum absolute atomic E-state index is 9.91. The summed E-state index contributed by atoms with van der Waals surface area (Å²) >= 11 is 0. The summed E-state index contributed by atoms with van der Waals surface area (Å²) in [5.74, 6) is 1.18. The number of nitrogens with zero attached hydrogens (tertiary/aromatic N) is 1. The molecule has 1 unspecified atom stereocenters. The SMILES string of the molecule is Cc1ccc(N2CCc3cc(OCc4ccccc4)ccc3C2(C)c2ccc(O)cc2)cc1. The van der Waals surface area contributed by atoms with E-state index in [-0.39, 0.29) is 11.3 Å². The molecule has 1 N–H and O–H groups in total. The topological polar surface area (TPSA) is 32.7 Å². The molecule has 0 aliphatic carbocycles. The number of benzene rings is 4. The van der Waals surface area contributed by atoms with Gasteiger partial charge in [0, 0.05) is 12.2 Å². The summed E-state index contributed by atoms with van der Waals surface area (Å²) in [6.45, 7) is 5.85. The molecule has 1 aliphatic heterocycles. The fraction of sp³-hybridized carbons (Fsp3) is 0.200. The van der Waals surface area contributed by atoms with Crippen LogP contribution in [0.5, 0.6) is 11.5 Å². The van der Waals surface area contributed by atoms with E-state index in [1.54, 1.807) is 12.1 Å². The maximum Gasteiger partial charge on any atom is 0.120 e. The minimum atomic E-state index is -0.367. The first kappa shape index (κ1) is 21.1. The second kappa shape index (κ2) is 8.67. The van der Waals surface area contributed by atoms with Gasteiger partial charge in [-0.15, -0.1) is 0 Å². The molecule has 0 amide bonds. The lowest BCUT2D eigenvalue weighted by Gasteiger charge is -2.48. The van der Waals surface area contributed by atoms with Gasteiger partial charge in [-0.25, -0.2) is 0 Å². The summed E-state index contributed by atoms with van der Waals surface area (Å²) in [6.07, 6.45) is 0.944. The zero-order chi connectivity index (χ0) is 22.8. The third-order valence-corrected chi connectivity index (χ3v) is 6.77. The second-order valence-corrected chi connectivity index (χ2v) is 8.95. The molecule has 0 fully saturated rings. The van der Waals surface area contributed by atoms with Gasteiger partial charge in [0.1, 0.15) is 18.1 Å². The number of ether oxygens (including phenoxy) is 1. The van der Waals surface area contributed by atoms with Crippen molar-refractivity contribution in [1.29, 1.82) is 0 Å². The first-order valence-corrected chi connectivity index (χ1v) is 11.5. The summed E-state index contributed by atoms with van der Waals surface area (Å²) < 4.78 is 6.13. The Hall–Kier alpha value is -3.72. The van der Waals surface area contributed by atoms with E-state index in [0.717, 1.165) is 29.8 Å². The van der Waals surface area contributed by atoms with Crippen LogP contribution in [0, 0.1) is 6.92 Å². The fourth-order valence-electron chi connectivity index (χ4n) is 4.89. The van der Waals surface area contributed by atoms with Crippen LogP contribution in [0.15, 0.2) is 97.1 Å². The highest BCUT2D eigenvalue weighted by Crippen LogP contribution is 2.44. The number of phenolic OH excluding ortho intramolecular Hbond substituents is 1. The number of fused-ring (bicyclic) bond motifs is 1. The molecule has 0 spiro atoms. The van der Waals surface area contributed by atoms with Gasteiger partial charge in [0.15, 0.2) is 0 Å². The van der Waals surface area contributed by atoms with Gasteiger partial charge < -0.3 is 14.7 Å². The first-order chi connectivity index (χ1) is 16.0. The van der Waals surface area contributed by atoms with E-state index in [2.05, 4.69) is 73.3 Å². The smallest absolute Gasteiger partial charge is 0.120 e. The summed E-state index contributed by atoms with van der Waals surface area (Å²) in [6, 6.07) is 33.1. The number of anilines is 1. The predicted octanol–water partition coefficient (Wildman–Crippen LogP) is 6.61. The highest BCUT2D eigenvalue weighted by molar-refractivity contribution is 5.61. The van der Waals surface area contributed by atoms with Crippen molar-refractivity contribution in [2.75, 3.05) is 11.4 Å². The maximum atomic E-state index is 9.91. The Labute approximate surface area is 195 Å². The molecular weight excluding hydrogens is 406 g/mol. The number of hydrogen-bond acceptors (Lipinski definition) is 3. The van der Waals surface area contributed by atoms with Crippen molar-refractivity contribution in [2.24, 2.45) is 0 Å². The average molecular weight is 436 g/mol. The van der Waals surface area contributed by atoms with Crippen LogP contribution < -0.4 is 9.64 Å². The molecule has 33 heavy (non-hydrogen) atoms. The largest absolute Gasteiger partial charge is 0.508 e. The van der Waals surface area contributed by atoms with Gasteiger partial charge in [-0.05, 0) is 78.9 Å². The van der Waals surface area contributed by atoms with Gasteiger partial charge in [0.05, 0.1) is 5.54 Å². The standard InChI is InChI=1S/C30H29NO2/c1-22-8-12-26(13-9-22)31-19-18-24-20-28(33-21-23-6-4-3-5-7-23)16-17-29(24)30(31,2)25-10-14-27(32)15-11-25/h3-17,20,32H,18-19,21H2,1-2H3. The monoisotopic (exact) mass is 435 g/mol. The van der Waals surface area contributed by atoms with Gasteiger partial charge in [0.25, 0.3) is 0 Å². The highest BCUT2D eigenvalue weighted by Gasteiger charge is 2.40. The van der Waals surface area contributed by atoms with Gasteiger partial charge in [-0.1, -0.05) is 66.2 Å². The molecule has 0 saturated heterocycles. The second-order valence-electron chi connectivity index (χ2n) is 8.95. The Bertz CT molecular complexity index is 1230. The quantitative estimate of drug-likeness (QED) is 0.383. The van der Waals surface area contributed by atoms with E-state index < -0.39 is 0 Å². The van der Waals surface area contributed by atoms with Gasteiger partial charge in [-0.3, -0.25) is 0 Å². The molecule has 1 atom stereocenters. The van der Waals surface area contributed by atoms with Crippen molar-refractivity contribution in [3.8, 4) is 11.5 Å². The molecule has 0 saturated carbocycles. The van der Waals surface area contributed by atoms with Gasteiger partial charge >= 0.3 is 0 Å². The van der Waals surface area contributed by atoms with Crippen molar-refractivity contribution in [3.05, 3.63) is 125 Å². The van der Waals surface area contributed by atoms with E-state index in [1.807, 2.05) is 30.3 Å². The summed E-state index contributed by atoms with van der Waals surface area (Å²) in [5, 5.41) is 9.91. The number of hydrogen-bond donors (Lipinski definition) is 1. The minimum Gasteiger partial charge on any atom is -0.508 e. The van der Waals surface area contributed by atoms with Crippen molar-refractivity contribution in [2.45, 2.75) is 32.4 Å². The van der Waals surface area contributed by atoms with Crippen molar-refractivity contribution in [3.63, 3.8) is 0 Å². The Morgan fingerprint density at radius 3 is 2.33 bits per heavy atom. The lowest BCUT2D eigenvalue weighted by Crippen LogP contribution is -2.49. The van der Waals surface area contributed by atoms with E-state index in [1.165, 1.54) is 22.4 Å². The van der Waals surface area contributed by atoms with E-state index in [9.17, 15) is 5.11 Å². The summed E-state index contributed by atoms with van der Waals surface area (Å²) in [5.41, 5.74) is 6.98. The molecule has 166 valence electrons. The number of aryl methyl sites for hydroxylation is 1. The lowest BCUT2D eigenvalue weighted by atomic mass is 9.76. The van der Waals surface area contributed by atoms with Crippen molar-refractivity contribution < 1.29 is 9.84 Å². The Morgan fingerprint density at radius 1 is 0.879 bits per heavy atom. The Balaban J connectivity index is 1.53. The number of aromatic hydroxyl groups is 1. The van der Waals surface area contributed by atoms with E-state index in [0.29, 0.717) is 6.61 Å². The van der Waals surface area contributed by atoms with Crippen LogP contribution in [0.2, 0.25) is 0 Å². The normalized spacial score (nSPS) is 17.5. The fourth-order valence-corrected chi connectivity index (χ4v) is 4.89. The lowest BCUT2D eigenvalue weighted by molar-refractivity contribution is 0.305. The molecule has 3 heteroatoms. The number of rotatable bonds is 5. The summed E-state index contributed by atoms with van der Waals surface area (Å²) in [7, 11) is 0. The third kappa shape index (κ3) is 4.07. The molecule has 3 nitrogen and oxygen atoms in total. The zero-order valence-electron chi connectivity index (χ0n) is 19.2. The highest BCUT2D eigenvalue weighted by atomic mass is 16.5. The van der Waals surface area contributed by atoms with Crippen molar-refractivity contribution >= 4 is 5.69 Å². The molecule has 1 aliphatic rings. The zero-order valence-corrected chi connectivity index (χ0v) is 19.2. The van der Waals surface area contributed by atoms with Gasteiger partial charge in [-0.2, -0.15) is 0 Å². The van der Waals surface area contributed by atoms with Crippen LogP contribution in [0.25, 0.3) is 0 Å². The van der Waals surface area contributed by atoms with Crippen LogP contribution in [-0.2, 0) is 18.6 Å². The van der Waals surface area contributed by atoms with Crippen LogP contribution in [0.1, 0.15) is 34.7 Å². The van der Waals surface area contributed by atoms with Crippen molar-refractivity contribution in [1.82, 2.24) is 0 Å². The van der Waals surface area contributed by atoms with Gasteiger partial charge in [0.2, 0.25) is 0 Å². The minimum absolute atomic E-state index is 0.282. The molecule has 4 aromatic rings.